The summed E-state index contributed by atoms with van der Waals surface area (Å²) in [6, 6.07) is 4.34. The Labute approximate surface area is 125 Å². The van der Waals surface area contributed by atoms with Crippen molar-refractivity contribution in [1.29, 1.82) is 0 Å². The lowest BCUT2D eigenvalue weighted by Gasteiger charge is -2.16. The molecule has 0 spiro atoms. The summed E-state index contributed by atoms with van der Waals surface area (Å²) in [5.74, 6) is 0.111. The lowest BCUT2D eigenvalue weighted by molar-refractivity contribution is 0.251. The number of nitrogen functional groups attached to an aromatic ring is 1. The second kappa shape index (κ2) is 7.83. The van der Waals surface area contributed by atoms with Crippen LogP contribution in [0.1, 0.15) is 26.2 Å². The van der Waals surface area contributed by atoms with E-state index in [0.29, 0.717) is 11.4 Å². The molecule has 0 radical (unpaired) electrons. The quantitative estimate of drug-likeness (QED) is 0.639. The molecule has 0 aromatic heterocycles. The average molecular weight is 321 g/mol. The summed E-state index contributed by atoms with van der Waals surface area (Å²) in [5, 5.41) is 9.30. The molecule has 0 amide bonds. The van der Waals surface area contributed by atoms with Gasteiger partial charge in [0, 0.05) is 18.2 Å². The van der Waals surface area contributed by atoms with Crippen LogP contribution in [-0.4, -0.2) is 26.7 Å². The molecule has 20 heavy (non-hydrogen) atoms. The van der Waals surface area contributed by atoms with Gasteiger partial charge in [-0.3, -0.25) is 0 Å². The van der Waals surface area contributed by atoms with Crippen molar-refractivity contribution in [3.63, 3.8) is 0 Å². The zero-order valence-electron chi connectivity index (χ0n) is 11.5. The molecule has 0 heterocycles. The van der Waals surface area contributed by atoms with Crippen molar-refractivity contribution in [1.82, 2.24) is 4.72 Å². The highest BCUT2D eigenvalue weighted by atomic mass is 35.5. The third kappa shape index (κ3) is 4.94. The minimum absolute atomic E-state index is 0.00996. The normalized spacial score (nSPS) is 13.3. The molecule has 0 saturated carbocycles. The topological polar surface area (TPSA) is 92.4 Å². The number of aliphatic hydroxyl groups excluding tert-OH is 1. The standard InChI is InChI=1S/C13H21ClN2O3S/c1-2-3-10(6-7-17)9-16-20(18,19)13-8-11(14)4-5-12(13)15/h4-5,8,10,16-17H,2-3,6-7,9,15H2,1H3. The van der Waals surface area contributed by atoms with Crippen molar-refractivity contribution in [2.75, 3.05) is 18.9 Å². The first-order valence-electron chi connectivity index (χ1n) is 6.56. The van der Waals surface area contributed by atoms with Crippen molar-refractivity contribution < 1.29 is 13.5 Å². The molecule has 0 aliphatic heterocycles. The minimum atomic E-state index is -3.69. The van der Waals surface area contributed by atoms with Crippen LogP contribution in [0, 0.1) is 5.92 Å². The fourth-order valence-corrected chi connectivity index (χ4v) is 3.49. The van der Waals surface area contributed by atoms with E-state index in [4.69, 9.17) is 22.4 Å². The Morgan fingerprint density at radius 1 is 1.40 bits per heavy atom. The third-order valence-electron chi connectivity index (χ3n) is 3.06. The van der Waals surface area contributed by atoms with Gasteiger partial charge in [-0.2, -0.15) is 0 Å². The highest BCUT2D eigenvalue weighted by Crippen LogP contribution is 2.22. The molecule has 5 nitrogen and oxygen atoms in total. The molecule has 1 rings (SSSR count). The van der Waals surface area contributed by atoms with Gasteiger partial charge in [-0.1, -0.05) is 24.9 Å². The molecule has 1 aromatic carbocycles. The molecule has 7 heteroatoms. The number of benzene rings is 1. The van der Waals surface area contributed by atoms with Crippen molar-refractivity contribution in [3.8, 4) is 0 Å². The number of rotatable bonds is 8. The Morgan fingerprint density at radius 2 is 2.10 bits per heavy atom. The molecular formula is C13H21ClN2O3S. The number of sulfonamides is 1. The van der Waals surface area contributed by atoms with Crippen molar-refractivity contribution in [3.05, 3.63) is 23.2 Å². The molecule has 0 aliphatic rings. The second-order valence-electron chi connectivity index (χ2n) is 4.70. The number of hydrogen-bond donors (Lipinski definition) is 3. The van der Waals surface area contributed by atoms with Crippen LogP contribution in [0.15, 0.2) is 23.1 Å². The summed E-state index contributed by atoms with van der Waals surface area (Å²) in [4.78, 5) is -0.00996. The maximum absolute atomic E-state index is 12.2. The maximum atomic E-state index is 12.2. The van der Waals surface area contributed by atoms with Gasteiger partial charge in [0.2, 0.25) is 10.0 Å². The highest BCUT2D eigenvalue weighted by molar-refractivity contribution is 7.89. The largest absolute Gasteiger partial charge is 0.398 e. The van der Waals surface area contributed by atoms with Gasteiger partial charge in [-0.15, -0.1) is 0 Å². The monoisotopic (exact) mass is 320 g/mol. The zero-order chi connectivity index (χ0) is 15.2. The summed E-state index contributed by atoms with van der Waals surface area (Å²) < 4.78 is 26.9. The molecule has 0 bridgehead atoms. The smallest absolute Gasteiger partial charge is 0.242 e. The summed E-state index contributed by atoms with van der Waals surface area (Å²) in [5.41, 5.74) is 5.84. The van der Waals surface area contributed by atoms with Gasteiger partial charge in [0.05, 0.1) is 5.69 Å². The molecule has 1 unspecified atom stereocenters. The SMILES string of the molecule is CCCC(CCO)CNS(=O)(=O)c1cc(Cl)ccc1N. The predicted octanol–water partition coefficient (Wildman–Crippen LogP) is 2.00. The summed E-state index contributed by atoms with van der Waals surface area (Å²) in [7, 11) is -3.69. The van der Waals surface area contributed by atoms with E-state index < -0.39 is 10.0 Å². The van der Waals surface area contributed by atoms with E-state index in [2.05, 4.69) is 4.72 Å². The van der Waals surface area contributed by atoms with Crippen LogP contribution >= 0.6 is 11.6 Å². The molecular weight excluding hydrogens is 300 g/mol. The average Bonchev–Trinajstić information content (AvgIpc) is 2.39. The number of nitrogens with one attached hydrogen (secondary N) is 1. The van der Waals surface area contributed by atoms with Gasteiger partial charge < -0.3 is 10.8 Å². The number of halogens is 1. The van der Waals surface area contributed by atoms with Gasteiger partial charge in [-0.25, -0.2) is 13.1 Å². The Bertz CT molecular complexity index is 528. The van der Waals surface area contributed by atoms with Gasteiger partial charge in [0.1, 0.15) is 4.90 Å². The van der Waals surface area contributed by atoms with E-state index >= 15 is 0 Å². The zero-order valence-corrected chi connectivity index (χ0v) is 13.0. The number of aliphatic hydroxyl groups is 1. The summed E-state index contributed by atoms with van der Waals surface area (Å²) >= 11 is 5.80. The molecule has 1 aromatic rings. The number of anilines is 1. The van der Waals surface area contributed by atoms with Gasteiger partial charge in [0.15, 0.2) is 0 Å². The molecule has 1 atom stereocenters. The van der Waals surface area contributed by atoms with Crippen molar-refractivity contribution in [2.24, 2.45) is 5.92 Å². The lowest BCUT2D eigenvalue weighted by atomic mass is 10.0. The first-order chi connectivity index (χ1) is 9.40. The van der Waals surface area contributed by atoms with Crippen LogP contribution < -0.4 is 10.5 Å². The highest BCUT2D eigenvalue weighted by Gasteiger charge is 2.19. The second-order valence-corrected chi connectivity index (χ2v) is 6.87. The number of nitrogens with two attached hydrogens (primary N) is 1. The van der Waals surface area contributed by atoms with Crippen LogP contribution in [-0.2, 0) is 10.0 Å². The Hall–Kier alpha value is -0.820. The number of hydrogen-bond acceptors (Lipinski definition) is 4. The van der Waals surface area contributed by atoms with Gasteiger partial charge in [-0.05, 0) is 37.0 Å². The third-order valence-corrected chi connectivity index (χ3v) is 4.78. The first-order valence-corrected chi connectivity index (χ1v) is 8.42. The van der Waals surface area contributed by atoms with Gasteiger partial charge >= 0.3 is 0 Å². The molecule has 0 saturated heterocycles. The van der Waals surface area contributed by atoms with Gasteiger partial charge in [0.25, 0.3) is 0 Å². The fraction of sp³-hybridized carbons (Fsp3) is 0.538. The summed E-state index contributed by atoms with van der Waals surface area (Å²) in [6.45, 7) is 2.35. The molecule has 0 fully saturated rings. The van der Waals surface area contributed by atoms with E-state index in [0.717, 1.165) is 12.8 Å². The summed E-state index contributed by atoms with van der Waals surface area (Å²) in [6.07, 6.45) is 2.36. The van der Waals surface area contributed by atoms with Crippen molar-refractivity contribution >= 4 is 27.3 Å². The molecule has 0 aliphatic carbocycles. The van der Waals surface area contributed by atoms with Crippen LogP contribution in [0.25, 0.3) is 0 Å². The van der Waals surface area contributed by atoms with E-state index in [1.54, 1.807) is 6.07 Å². The van der Waals surface area contributed by atoms with Crippen LogP contribution in [0.3, 0.4) is 0 Å². The van der Waals surface area contributed by atoms with E-state index in [9.17, 15) is 8.42 Å². The Morgan fingerprint density at radius 3 is 2.70 bits per heavy atom. The predicted molar refractivity (Wildman–Crippen MR) is 81.2 cm³/mol. The van der Waals surface area contributed by atoms with Crippen LogP contribution in [0.4, 0.5) is 5.69 Å². The minimum Gasteiger partial charge on any atom is -0.398 e. The lowest BCUT2D eigenvalue weighted by Crippen LogP contribution is -2.30. The maximum Gasteiger partial charge on any atom is 0.242 e. The van der Waals surface area contributed by atoms with Crippen LogP contribution in [0.5, 0.6) is 0 Å². The molecule has 114 valence electrons. The van der Waals surface area contributed by atoms with Crippen LogP contribution in [0.2, 0.25) is 5.02 Å². The molecule has 4 N–H and O–H groups in total. The fourth-order valence-electron chi connectivity index (χ4n) is 1.99. The van der Waals surface area contributed by atoms with E-state index in [1.165, 1.54) is 12.1 Å². The van der Waals surface area contributed by atoms with E-state index in [1.807, 2.05) is 6.92 Å². The Balaban J connectivity index is 2.81. The van der Waals surface area contributed by atoms with E-state index in [-0.39, 0.29) is 29.7 Å². The van der Waals surface area contributed by atoms with Crippen molar-refractivity contribution in [2.45, 2.75) is 31.1 Å². The Kier molecular flexibility index (Phi) is 6.75. The first kappa shape index (κ1) is 17.2.